The number of rotatable bonds is 7. The van der Waals surface area contributed by atoms with Crippen LogP contribution in [0.25, 0.3) is 0 Å². The minimum atomic E-state index is -0.300. The van der Waals surface area contributed by atoms with Gasteiger partial charge in [-0.3, -0.25) is 9.59 Å². The first-order valence-corrected chi connectivity index (χ1v) is 7.92. The van der Waals surface area contributed by atoms with E-state index in [2.05, 4.69) is 5.32 Å². The molecule has 0 saturated heterocycles. The number of hydrogen-bond acceptors (Lipinski definition) is 3. The van der Waals surface area contributed by atoms with Crippen molar-refractivity contribution < 1.29 is 18.7 Å². The lowest BCUT2D eigenvalue weighted by molar-refractivity contribution is -0.132. The van der Waals surface area contributed by atoms with E-state index in [1.807, 2.05) is 0 Å². The van der Waals surface area contributed by atoms with Crippen molar-refractivity contribution in [3.8, 4) is 5.75 Å². The number of nitrogens with one attached hydrogen (secondary N) is 1. The number of halogens is 1. The monoisotopic (exact) mass is 344 g/mol. The highest BCUT2D eigenvalue weighted by Gasteiger charge is 2.14. The molecule has 0 atom stereocenters. The van der Waals surface area contributed by atoms with E-state index in [-0.39, 0.29) is 24.2 Å². The third-order valence-electron chi connectivity index (χ3n) is 3.74. The summed E-state index contributed by atoms with van der Waals surface area (Å²) in [5, 5.41) is 2.75. The molecule has 0 heterocycles. The predicted octanol–water partition coefficient (Wildman–Crippen LogP) is 2.86. The minimum absolute atomic E-state index is 0.0391. The number of nitrogens with zero attached hydrogens (tertiary/aromatic N) is 1. The van der Waals surface area contributed by atoms with Gasteiger partial charge in [-0.1, -0.05) is 12.1 Å². The quantitative estimate of drug-likeness (QED) is 0.840. The number of hydrogen-bond donors (Lipinski definition) is 1. The van der Waals surface area contributed by atoms with Crippen LogP contribution in [0.1, 0.15) is 12.5 Å². The first kappa shape index (κ1) is 18.4. The lowest BCUT2D eigenvalue weighted by Gasteiger charge is -2.20. The molecule has 0 aliphatic carbocycles. The van der Waals surface area contributed by atoms with Gasteiger partial charge in [-0.2, -0.15) is 0 Å². The van der Waals surface area contributed by atoms with Crippen molar-refractivity contribution in [3.63, 3.8) is 0 Å². The fourth-order valence-corrected chi connectivity index (χ4v) is 2.31. The van der Waals surface area contributed by atoms with Crippen molar-refractivity contribution in [2.45, 2.75) is 13.3 Å². The number of carbonyl (C=O) groups is 2. The van der Waals surface area contributed by atoms with Gasteiger partial charge < -0.3 is 15.0 Å². The fraction of sp³-hybridized carbons (Fsp3) is 0.263. The highest BCUT2D eigenvalue weighted by Crippen LogP contribution is 2.15. The van der Waals surface area contributed by atoms with Crippen LogP contribution in [0.2, 0.25) is 0 Å². The molecule has 2 rings (SSSR count). The maximum atomic E-state index is 12.9. The minimum Gasteiger partial charge on any atom is -0.497 e. The average molecular weight is 344 g/mol. The molecule has 0 unspecified atom stereocenters. The van der Waals surface area contributed by atoms with Crippen LogP contribution in [0.15, 0.2) is 48.5 Å². The van der Waals surface area contributed by atoms with E-state index in [0.29, 0.717) is 24.4 Å². The Bertz CT molecular complexity index is 714. The molecule has 0 saturated carbocycles. The molecule has 25 heavy (non-hydrogen) atoms. The molecule has 5 nitrogen and oxygen atoms in total. The van der Waals surface area contributed by atoms with Gasteiger partial charge in [0.25, 0.3) is 0 Å². The Morgan fingerprint density at radius 2 is 1.72 bits per heavy atom. The van der Waals surface area contributed by atoms with Crippen molar-refractivity contribution in [1.29, 1.82) is 0 Å². The van der Waals surface area contributed by atoms with E-state index in [0.717, 1.165) is 5.56 Å². The molecule has 0 bridgehead atoms. The average Bonchev–Trinajstić information content (AvgIpc) is 2.60. The molecular formula is C19H21FN2O3. The van der Waals surface area contributed by atoms with Crippen LogP contribution in [-0.4, -0.2) is 36.9 Å². The first-order valence-electron chi connectivity index (χ1n) is 7.92. The molecule has 2 aromatic carbocycles. The Hall–Kier alpha value is -2.89. The summed E-state index contributed by atoms with van der Waals surface area (Å²) < 4.78 is 18.0. The van der Waals surface area contributed by atoms with Crippen molar-refractivity contribution in [2.75, 3.05) is 25.5 Å². The van der Waals surface area contributed by atoms with Crippen LogP contribution in [0, 0.1) is 5.82 Å². The molecule has 1 N–H and O–H groups in total. The second-order valence-electron chi connectivity index (χ2n) is 5.59. The third kappa shape index (κ3) is 5.91. The first-order chi connectivity index (χ1) is 12.0. The van der Waals surface area contributed by atoms with Gasteiger partial charge in [0.05, 0.1) is 13.7 Å². The standard InChI is InChI=1S/C19H21FN2O3/c1-14(23)22(12-11-15-3-5-16(20)6-4-15)13-19(24)21-17-7-9-18(25-2)10-8-17/h3-10H,11-13H2,1-2H3,(H,21,24). The predicted molar refractivity (Wildman–Crippen MR) is 94.0 cm³/mol. The summed E-state index contributed by atoms with van der Waals surface area (Å²) >= 11 is 0. The molecular weight excluding hydrogens is 323 g/mol. The fourth-order valence-electron chi connectivity index (χ4n) is 2.31. The number of benzene rings is 2. The van der Waals surface area contributed by atoms with Gasteiger partial charge in [0.1, 0.15) is 11.6 Å². The van der Waals surface area contributed by atoms with Crippen molar-refractivity contribution in [3.05, 3.63) is 59.9 Å². The van der Waals surface area contributed by atoms with Crippen molar-refractivity contribution >= 4 is 17.5 Å². The molecule has 0 fully saturated rings. The van der Waals surface area contributed by atoms with Crippen LogP contribution in [0.3, 0.4) is 0 Å². The van der Waals surface area contributed by atoms with E-state index in [1.54, 1.807) is 43.5 Å². The van der Waals surface area contributed by atoms with E-state index in [4.69, 9.17) is 4.74 Å². The van der Waals surface area contributed by atoms with Gasteiger partial charge in [-0.05, 0) is 48.4 Å². The number of methoxy groups -OCH3 is 1. The zero-order valence-electron chi connectivity index (χ0n) is 14.3. The van der Waals surface area contributed by atoms with Gasteiger partial charge in [-0.25, -0.2) is 4.39 Å². The van der Waals surface area contributed by atoms with E-state index in [9.17, 15) is 14.0 Å². The molecule has 0 radical (unpaired) electrons. The maximum absolute atomic E-state index is 12.9. The Morgan fingerprint density at radius 3 is 2.28 bits per heavy atom. The summed E-state index contributed by atoms with van der Waals surface area (Å²) in [7, 11) is 1.57. The van der Waals surface area contributed by atoms with Gasteiger partial charge in [0.2, 0.25) is 11.8 Å². The van der Waals surface area contributed by atoms with E-state index < -0.39 is 0 Å². The Labute approximate surface area is 146 Å². The van der Waals surface area contributed by atoms with Crippen LogP contribution in [-0.2, 0) is 16.0 Å². The van der Waals surface area contributed by atoms with E-state index in [1.165, 1.54) is 24.0 Å². The maximum Gasteiger partial charge on any atom is 0.243 e. The summed E-state index contributed by atoms with van der Waals surface area (Å²) in [4.78, 5) is 25.4. The number of anilines is 1. The number of amides is 2. The highest BCUT2D eigenvalue weighted by atomic mass is 19.1. The summed E-state index contributed by atoms with van der Waals surface area (Å²) in [6.45, 7) is 1.77. The molecule has 132 valence electrons. The van der Waals surface area contributed by atoms with Crippen LogP contribution in [0.5, 0.6) is 5.75 Å². The molecule has 0 aromatic heterocycles. The zero-order valence-corrected chi connectivity index (χ0v) is 14.3. The molecule has 0 spiro atoms. The molecule has 0 aliphatic rings. The van der Waals surface area contributed by atoms with Gasteiger partial charge >= 0.3 is 0 Å². The molecule has 0 aliphatic heterocycles. The molecule has 6 heteroatoms. The topological polar surface area (TPSA) is 58.6 Å². The van der Waals surface area contributed by atoms with Crippen molar-refractivity contribution in [1.82, 2.24) is 4.90 Å². The van der Waals surface area contributed by atoms with Crippen LogP contribution in [0.4, 0.5) is 10.1 Å². The lowest BCUT2D eigenvalue weighted by Crippen LogP contribution is -2.38. The number of ether oxygens (including phenoxy) is 1. The third-order valence-corrected chi connectivity index (χ3v) is 3.74. The second-order valence-corrected chi connectivity index (χ2v) is 5.59. The summed E-state index contributed by atoms with van der Waals surface area (Å²) in [5.74, 6) is -0.0693. The van der Waals surface area contributed by atoms with Crippen LogP contribution >= 0.6 is 0 Å². The van der Waals surface area contributed by atoms with E-state index >= 15 is 0 Å². The smallest absolute Gasteiger partial charge is 0.243 e. The van der Waals surface area contributed by atoms with Gasteiger partial charge in [0.15, 0.2) is 0 Å². The molecule has 2 aromatic rings. The summed E-state index contributed by atoms with van der Waals surface area (Å²) in [6, 6.07) is 13.0. The summed E-state index contributed by atoms with van der Waals surface area (Å²) in [6.07, 6.45) is 0.551. The normalized spacial score (nSPS) is 10.2. The number of carbonyl (C=O) groups excluding carboxylic acids is 2. The van der Waals surface area contributed by atoms with Crippen LogP contribution < -0.4 is 10.1 Å². The Kier molecular flexibility index (Phi) is 6.51. The largest absolute Gasteiger partial charge is 0.497 e. The second kappa shape index (κ2) is 8.82. The Balaban J connectivity index is 1.89. The van der Waals surface area contributed by atoms with Gasteiger partial charge in [-0.15, -0.1) is 0 Å². The zero-order chi connectivity index (χ0) is 18.2. The summed E-state index contributed by atoms with van der Waals surface area (Å²) in [5.41, 5.74) is 1.54. The van der Waals surface area contributed by atoms with Crippen molar-refractivity contribution in [2.24, 2.45) is 0 Å². The van der Waals surface area contributed by atoms with Gasteiger partial charge in [0, 0.05) is 19.2 Å². The lowest BCUT2D eigenvalue weighted by atomic mass is 10.1. The Morgan fingerprint density at radius 1 is 1.08 bits per heavy atom. The molecule has 2 amide bonds. The highest BCUT2D eigenvalue weighted by molar-refractivity contribution is 5.94. The SMILES string of the molecule is COc1ccc(NC(=O)CN(CCc2ccc(F)cc2)C(C)=O)cc1.